The first kappa shape index (κ1) is 15.5. The molecule has 0 bridgehead atoms. The summed E-state index contributed by atoms with van der Waals surface area (Å²) in [4.78, 5) is 18.2. The monoisotopic (exact) mass is 295 g/mol. The molecular formula is C15H25N3OS. The molecule has 1 atom stereocenters. The van der Waals surface area contributed by atoms with Gasteiger partial charge in [0.15, 0.2) is 0 Å². The van der Waals surface area contributed by atoms with Crippen molar-refractivity contribution in [2.24, 2.45) is 11.7 Å². The van der Waals surface area contributed by atoms with E-state index in [4.69, 9.17) is 5.73 Å². The van der Waals surface area contributed by atoms with E-state index in [0.717, 1.165) is 45.6 Å². The van der Waals surface area contributed by atoms with Gasteiger partial charge in [-0.05, 0) is 24.3 Å². The smallest absolute Gasteiger partial charge is 0.226 e. The average Bonchev–Trinajstić information content (AvgIpc) is 2.85. The lowest BCUT2D eigenvalue weighted by Crippen LogP contribution is -2.41. The van der Waals surface area contributed by atoms with Crippen molar-refractivity contribution < 1.29 is 4.79 Å². The van der Waals surface area contributed by atoms with E-state index in [9.17, 15) is 4.79 Å². The third-order valence-electron chi connectivity index (χ3n) is 3.99. The van der Waals surface area contributed by atoms with Crippen LogP contribution in [0.3, 0.4) is 0 Å². The lowest BCUT2D eigenvalue weighted by atomic mass is 10.1. The van der Waals surface area contributed by atoms with Crippen LogP contribution in [-0.2, 0) is 11.3 Å². The largest absolute Gasteiger partial charge is 0.341 e. The van der Waals surface area contributed by atoms with Gasteiger partial charge in [0.25, 0.3) is 0 Å². The van der Waals surface area contributed by atoms with Crippen molar-refractivity contribution in [2.45, 2.75) is 26.3 Å². The topological polar surface area (TPSA) is 49.6 Å². The lowest BCUT2D eigenvalue weighted by Gasteiger charge is -2.25. The number of carbonyl (C=O) groups excluding carboxylic acids is 1. The molecule has 0 spiro atoms. The van der Waals surface area contributed by atoms with E-state index in [1.54, 1.807) is 11.3 Å². The summed E-state index contributed by atoms with van der Waals surface area (Å²) in [5.41, 5.74) is 5.69. The molecule has 1 amide bonds. The van der Waals surface area contributed by atoms with Gasteiger partial charge in [0.05, 0.1) is 5.92 Å². The van der Waals surface area contributed by atoms with Gasteiger partial charge in [-0.15, -0.1) is 11.3 Å². The molecule has 2 heterocycles. The third-order valence-corrected chi connectivity index (χ3v) is 4.85. The molecule has 1 aromatic heterocycles. The molecule has 0 saturated carbocycles. The number of hydrogen-bond donors (Lipinski definition) is 1. The summed E-state index contributed by atoms with van der Waals surface area (Å²) >= 11 is 1.80. The van der Waals surface area contributed by atoms with E-state index in [0.29, 0.717) is 6.54 Å². The molecule has 0 aromatic carbocycles. The van der Waals surface area contributed by atoms with Gasteiger partial charge in [-0.1, -0.05) is 13.0 Å². The van der Waals surface area contributed by atoms with Crippen molar-refractivity contribution in [3.05, 3.63) is 22.4 Å². The third kappa shape index (κ3) is 4.04. The molecular weight excluding hydrogens is 270 g/mol. The van der Waals surface area contributed by atoms with Crippen LogP contribution in [0.4, 0.5) is 0 Å². The Morgan fingerprint density at radius 2 is 2.25 bits per heavy atom. The SMILES string of the molecule is CCC(CN)C(=O)N1CCCN(Cc2cccs2)CC1. The van der Waals surface area contributed by atoms with E-state index in [1.807, 2.05) is 11.8 Å². The molecule has 1 saturated heterocycles. The molecule has 2 rings (SSSR count). The minimum Gasteiger partial charge on any atom is -0.341 e. The Balaban J connectivity index is 1.87. The van der Waals surface area contributed by atoms with Gasteiger partial charge in [0.1, 0.15) is 0 Å². The highest BCUT2D eigenvalue weighted by molar-refractivity contribution is 7.09. The molecule has 1 unspecified atom stereocenters. The Bertz CT molecular complexity index is 403. The highest BCUT2D eigenvalue weighted by Crippen LogP contribution is 2.15. The van der Waals surface area contributed by atoms with Crippen LogP contribution in [-0.4, -0.2) is 48.4 Å². The van der Waals surface area contributed by atoms with Crippen molar-refractivity contribution in [2.75, 3.05) is 32.7 Å². The Morgan fingerprint density at radius 3 is 2.90 bits per heavy atom. The van der Waals surface area contributed by atoms with Crippen molar-refractivity contribution in [1.29, 1.82) is 0 Å². The fourth-order valence-corrected chi connectivity index (χ4v) is 3.42. The summed E-state index contributed by atoms with van der Waals surface area (Å²) in [7, 11) is 0. The Kier molecular flexibility index (Phi) is 6.01. The zero-order valence-corrected chi connectivity index (χ0v) is 13.1. The van der Waals surface area contributed by atoms with Crippen molar-refractivity contribution >= 4 is 17.2 Å². The second-order valence-corrected chi connectivity index (χ2v) is 6.41. The molecule has 112 valence electrons. The molecule has 1 fully saturated rings. The minimum absolute atomic E-state index is 0.00107. The molecule has 20 heavy (non-hydrogen) atoms. The van der Waals surface area contributed by atoms with Gasteiger partial charge >= 0.3 is 0 Å². The van der Waals surface area contributed by atoms with Crippen LogP contribution in [0.2, 0.25) is 0 Å². The van der Waals surface area contributed by atoms with Crippen LogP contribution in [0.1, 0.15) is 24.6 Å². The van der Waals surface area contributed by atoms with E-state index >= 15 is 0 Å². The first-order chi connectivity index (χ1) is 9.74. The van der Waals surface area contributed by atoms with Crippen LogP contribution in [0, 0.1) is 5.92 Å². The fourth-order valence-electron chi connectivity index (χ4n) is 2.67. The Hall–Kier alpha value is -0.910. The second-order valence-electron chi connectivity index (χ2n) is 5.38. The normalized spacial score (nSPS) is 18.8. The van der Waals surface area contributed by atoms with Crippen LogP contribution >= 0.6 is 11.3 Å². The van der Waals surface area contributed by atoms with Crippen molar-refractivity contribution in [3.63, 3.8) is 0 Å². The van der Waals surface area contributed by atoms with E-state index in [2.05, 4.69) is 22.4 Å². The van der Waals surface area contributed by atoms with E-state index in [1.165, 1.54) is 4.88 Å². The van der Waals surface area contributed by atoms with Crippen molar-refractivity contribution in [1.82, 2.24) is 9.80 Å². The van der Waals surface area contributed by atoms with Crippen LogP contribution in [0.15, 0.2) is 17.5 Å². The quantitative estimate of drug-likeness (QED) is 0.900. The molecule has 5 heteroatoms. The molecule has 1 aromatic rings. The molecule has 0 radical (unpaired) electrons. The van der Waals surface area contributed by atoms with Crippen LogP contribution in [0.5, 0.6) is 0 Å². The van der Waals surface area contributed by atoms with E-state index < -0.39 is 0 Å². The standard InChI is InChI=1S/C15H25N3OS/c1-2-13(11-16)15(19)18-7-4-6-17(8-9-18)12-14-5-3-10-20-14/h3,5,10,13H,2,4,6-9,11-12,16H2,1H3. The van der Waals surface area contributed by atoms with Crippen LogP contribution in [0.25, 0.3) is 0 Å². The van der Waals surface area contributed by atoms with Gasteiger partial charge in [-0.3, -0.25) is 9.69 Å². The Labute approximate surface area is 125 Å². The number of nitrogens with zero attached hydrogens (tertiary/aromatic N) is 2. The van der Waals surface area contributed by atoms with Gasteiger partial charge in [0.2, 0.25) is 5.91 Å². The number of amides is 1. The van der Waals surface area contributed by atoms with E-state index in [-0.39, 0.29) is 11.8 Å². The summed E-state index contributed by atoms with van der Waals surface area (Å²) in [6.07, 6.45) is 1.89. The maximum absolute atomic E-state index is 12.4. The predicted molar refractivity (Wildman–Crippen MR) is 83.6 cm³/mol. The predicted octanol–water partition coefficient (Wildman–Crippen LogP) is 1.77. The fraction of sp³-hybridized carbons (Fsp3) is 0.667. The molecule has 1 aliphatic rings. The summed E-state index contributed by atoms with van der Waals surface area (Å²) in [5, 5.41) is 2.12. The van der Waals surface area contributed by atoms with Crippen LogP contribution < -0.4 is 5.73 Å². The highest BCUT2D eigenvalue weighted by atomic mass is 32.1. The zero-order chi connectivity index (χ0) is 14.4. The number of thiophene rings is 1. The second kappa shape index (κ2) is 7.76. The molecule has 2 N–H and O–H groups in total. The molecule has 4 nitrogen and oxygen atoms in total. The lowest BCUT2D eigenvalue weighted by molar-refractivity contribution is -0.135. The first-order valence-electron chi connectivity index (χ1n) is 7.48. The summed E-state index contributed by atoms with van der Waals surface area (Å²) in [5.74, 6) is 0.242. The van der Waals surface area contributed by atoms with Gasteiger partial charge < -0.3 is 10.6 Å². The minimum atomic E-state index is -0.00107. The molecule has 0 aliphatic carbocycles. The number of carbonyl (C=O) groups is 1. The zero-order valence-electron chi connectivity index (χ0n) is 12.3. The summed E-state index contributed by atoms with van der Waals surface area (Å²) in [6.45, 7) is 7.25. The van der Waals surface area contributed by atoms with Crippen molar-refractivity contribution in [3.8, 4) is 0 Å². The number of nitrogens with two attached hydrogens (primary N) is 1. The van der Waals surface area contributed by atoms with Gasteiger partial charge in [-0.25, -0.2) is 0 Å². The maximum Gasteiger partial charge on any atom is 0.226 e. The highest BCUT2D eigenvalue weighted by Gasteiger charge is 2.24. The number of rotatable bonds is 5. The maximum atomic E-state index is 12.4. The number of hydrogen-bond acceptors (Lipinski definition) is 4. The Morgan fingerprint density at radius 1 is 1.40 bits per heavy atom. The van der Waals surface area contributed by atoms with Gasteiger partial charge in [-0.2, -0.15) is 0 Å². The first-order valence-corrected chi connectivity index (χ1v) is 8.36. The summed E-state index contributed by atoms with van der Waals surface area (Å²) < 4.78 is 0. The molecule has 1 aliphatic heterocycles. The van der Waals surface area contributed by atoms with Gasteiger partial charge in [0, 0.05) is 44.1 Å². The average molecular weight is 295 g/mol. The summed E-state index contributed by atoms with van der Waals surface area (Å²) in [6, 6.07) is 4.28.